The lowest BCUT2D eigenvalue weighted by molar-refractivity contribution is -0.180. The van der Waals surface area contributed by atoms with E-state index in [0.29, 0.717) is 37.6 Å². The number of carbonyl (C=O) groups excluding carboxylic acids is 3. The van der Waals surface area contributed by atoms with Gasteiger partial charge in [-0.2, -0.15) is 17.2 Å². The molecular weight excluding hydrogens is 781 g/mol. The van der Waals surface area contributed by atoms with Crippen LogP contribution >= 0.6 is 11.3 Å². The summed E-state index contributed by atoms with van der Waals surface area (Å²) in [5.41, 5.74) is 7.39. The largest absolute Gasteiger partial charge is 0.420 e. The van der Waals surface area contributed by atoms with Gasteiger partial charge >= 0.3 is 16.1 Å². The molecule has 0 saturated carbocycles. The number of amidine groups is 1. The second-order valence-corrected chi connectivity index (χ2v) is 14.8. The number of carbonyl (C=O) groups is 3. The molecule has 1 saturated heterocycles. The van der Waals surface area contributed by atoms with Gasteiger partial charge in [-0.3, -0.25) is 23.8 Å². The highest BCUT2D eigenvalue weighted by atomic mass is 32.2. The maximum atomic E-state index is 14.0. The number of rotatable bonds is 21. The predicted octanol–water partition coefficient (Wildman–Crippen LogP) is 3.95. The molecule has 2 aliphatic rings. The van der Waals surface area contributed by atoms with Gasteiger partial charge < -0.3 is 29.6 Å². The molecule has 2 aromatic rings. The molecule has 4 rings (SSSR count). The van der Waals surface area contributed by atoms with E-state index in [2.05, 4.69) is 9.73 Å². The molecule has 3 heterocycles. The van der Waals surface area contributed by atoms with Crippen LogP contribution in [0.2, 0.25) is 0 Å². The second kappa shape index (κ2) is 20.3. The second-order valence-electron chi connectivity index (χ2n) is 12.3. The summed E-state index contributed by atoms with van der Waals surface area (Å²) in [4.78, 5) is 49.1. The van der Waals surface area contributed by atoms with Crippen molar-refractivity contribution in [2.75, 3.05) is 65.9 Å². The summed E-state index contributed by atoms with van der Waals surface area (Å²) in [6.45, 7) is 6.18. The standard InChI is InChI=1S/C34H42F4N4O11S2/c1-3-7-42(52-4-2)34(45)21-15-24-23(40-25(39)16-21)17-22(54-24)14-20-18-41(19-20)26(43)5-8-49-10-12-51-13-11-50-9-6-27(44)53-32-28(35)30(37)33(55(46,47)48)31(38)29(32)36/h15,17,20H,3-14,16,18-19H2,1-2H3,(H2,39,40)(H,46,47,48). The van der Waals surface area contributed by atoms with Crippen molar-refractivity contribution in [2.24, 2.45) is 16.6 Å². The van der Waals surface area contributed by atoms with E-state index in [0.717, 1.165) is 28.3 Å². The van der Waals surface area contributed by atoms with Gasteiger partial charge in [-0.25, -0.2) is 18.8 Å². The number of nitrogens with two attached hydrogens (primary N) is 1. The van der Waals surface area contributed by atoms with Crippen molar-refractivity contribution in [3.8, 4) is 5.75 Å². The number of hydrogen-bond acceptors (Lipinski definition) is 13. The van der Waals surface area contributed by atoms with Gasteiger partial charge in [0.2, 0.25) is 23.3 Å². The molecule has 0 aliphatic carbocycles. The highest BCUT2D eigenvalue weighted by Gasteiger charge is 2.34. The van der Waals surface area contributed by atoms with Crippen LogP contribution in [-0.2, 0) is 50.0 Å². The van der Waals surface area contributed by atoms with E-state index in [4.69, 9.17) is 29.3 Å². The number of hydrogen-bond donors (Lipinski definition) is 2. The third-order valence-electron chi connectivity index (χ3n) is 8.06. The molecule has 1 fully saturated rings. The van der Waals surface area contributed by atoms with Crippen LogP contribution in [0.5, 0.6) is 5.75 Å². The van der Waals surface area contributed by atoms with Crippen LogP contribution < -0.4 is 10.5 Å². The van der Waals surface area contributed by atoms with Crippen LogP contribution in [0.3, 0.4) is 0 Å². The van der Waals surface area contributed by atoms with E-state index in [-0.39, 0.29) is 70.2 Å². The summed E-state index contributed by atoms with van der Waals surface area (Å²) in [7, 11) is -5.65. The van der Waals surface area contributed by atoms with E-state index in [1.54, 1.807) is 16.2 Å². The fourth-order valence-electron chi connectivity index (χ4n) is 5.49. The van der Waals surface area contributed by atoms with E-state index >= 15 is 0 Å². The average Bonchev–Trinajstić information content (AvgIpc) is 3.40. The highest BCUT2D eigenvalue weighted by Crippen LogP contribution is 2.37. The van der Waals surface area contributed by atoms with Gasteiger partial charge in [0.1, 0.15) is 5.84 Å². The molecule has 2 aliphatic heterocycles. The van der Waals surface area contributed by atoms with Crippen LogP contribution in [0.15, 0.2) is 21.5 Å². The van der Waals surface area contributed by atoms with Gasteiger partial charge in [0.25, 0.3) is 5.91 Å². The van der Waals surface area contributed by atoms with Crippen molar-refractivity contribution in [2.45, 2.75) is 50.8 Å². The Morgan fingerprint density at radius 1 is 0.964 bits per heavy atom. The number of halogens is 4. The topological polar surface area (TPSA) is 197 Å². The van der Waals surface area contributed by atoms with Gasteiger partial charge in [-0.1, -0.05) is 6.92 Å². The zero-order chi connectivity index (χ0) is 40.3. The van der Waals surface area contributed by atoms with Gasteiger partial charge in [-0.05, 0) is 37.8 Å². The monoisotopic (exact) mass is 822 g/mol. The van der Waals surface area contributed by atoms with Crippen molar-refractivity contribution in [3.05, 3.63) is 44.7 Å². The van der Waals surface area contributed by atoms with Crippen molar-refractivity contribution >= 4 is 56.8 Å². The first-order valence-corrected chi connectivity index (χ1v) is 19.6. The molecular formula is C34H42F4N4O11S2. The normalized spacial score (nSPS) is 14.5. The lowest BCUT2D eigenvalue weighted by Gasteiger charge is -2.39. The Hall–Kier alpha value is -3.99. The Morgan fingerprint density at radius 3 is 2.15 bits per heavy atom. The fourth-order valence-corrected chi connectivity index (χ4v) is 7.31. The van der Waals surface area contributed by atoms with Crippen molar-refractivity contribution < 1.29 is 68.7 Å². The molecule has 21 heteroatoms. The quantitative estimate of drug-likeness (QED) is 0.0351. The maximum Gasteiger partial charge on any atom is 0.313 e. The number of hydroxylamine groups is 2. The lowest BCUT2D eigenvalue weighted by Crippen LogP contribution is -2.50. The number of esters is 1. The Bertz CT molecular complexity index is 1850. The molecule has 55 heavy (non-hydrogen) atoms. The number of amides is 2. The summed E-state index contributed by atoms with van der Waals surface area (Å²) < 4.78 is 107. The van der Waals surface area contributed by atoms with Crippen molar-refractivity contribution in [1.29, 1.82) is 0 Å². The Labute approximate surface area is 318 Å². The summed E-state index contributed by atoms with van der Waals surface area (Å²) in [5, 5.41) is 1.37. The Balaban J connectivity index is 1.06. The number of likely N-dealkylation sites (tertiary alicyclic amines) is 1. The summed E-state index contributed by atoms with van der Waals surface area (Å²) >= 11 is 1.55. The number of nitrogens with zero attached hydrogens (tertiary/aromatic N) is 3. The average molecular weight is 823 g/mol. The van der Waals surface area contributed by atoms with Crippen LogP contribution in [0.4, 0.5) is 23.2 Å². The van der Waals surface area contributed by atoms with E-state index in [1.165, 1.54) is 5.06 Å². The minimum Gasteiger partial charge on any atom is -0.420 e. The molecule has 0 spiro atoms. The lowest BCUT2D eigenvalue weighted by atomic mass is 9.95. The zero-order valence-corrected chi connectivity index (χ0v) is 31.7. The Morgan fingerprint density at radius 2 is 1.56 bits per heavy atom. The number of aliphatic imine (C=N–C) groups is 1. The van der Waals surface area contributed by atoms with Crippen LogP contribution in [0.25, 0.3) is 6.08 Å². The number of benzene rings is 1. The molecule has 0 bridgehead atoms. The first-order valence-electron chi connectivity index (χ1n) is 17.3. The van der Waals surface area contributed by atoms with Crippen LogP contribution in [0.1, 0.15) is 49.3 Å². The number of fused-ring (bicyclic) bond motifs is 1. The summed E-state index contributed by atoms with van der Waals surface area (Å²) in [6, 6.07) is 1.98. The third kappa shape index (κ3) is 12.0. The minimum atomic E-state index is -5.65. The predicted molar refractivity (Wildman–Crippen MR) is 189 cm³/mol. The molecule has 1 aromatic carbocycles. The Kier molecular flexibility index (Phi) is 16.1. The fraction of sp³-hybridized carbons (Fsp3) is 0.529. The molecule has 0 atom stereocenters. The molecule has 2 amide bonds. The minimum absolute atomic E-state index is 0.00400. The SMILES string of the molecule is CCCN(OCC)C(=O)C1=Cc2sc(CC3CN(C(=O)CCOCCOCCOCCC(=O)Oc4c(F)c(F)c(S(=O)(=O)O)c(F)c4F)C3)cc2N=C(N)C1. The van der Waals surface area contributed by atoms with Crippen molar-refractivity contribution in [1.82, 2.24) is 9.96 Å². The maximum absolute atomic E-state index is 14.0. The van der Waals surface area contributed by atoms with Gasteiger partial charge in [0.05, 0.1) is 69.7 Å². The van der Waals surface area contributed by atoms with E-state index in [1.807, 2.05) is 26.0 Å². The zero-order valence-electron chi connectivity index (χ0n) is 30.1. The van der Waals surface area contributed by atoms with Crippen LogP contribution in [-0.4, -0.2) is 112 Å². The molecule has 3 N–H and O–H groups in total. The van der Waals surface area contributed by atoms with Gasteiger partial charge in [-0.15, -0.1) is 11.3 Å². The molecule has 15 nitrogen and oxygen atoms in total. The molecule has 1 aromatic heterocycles. The molecule has 0 radical (unpaired) electrons. The molecule has 0 unspecified atom stereocenters. The highest BCUT2D eigenvalue weighted by molar-refractivity contribution is 7.85. The van der Waals surface area contributed by atoms with Crippen LogP contribution in [0, 0.1) is 29.2 Å². The molecule has 304 valence electrons. The van der Waals surface area contributed by atoms with E-state index in [9.17, 15) is 40.4 Å². The first-order chi connectivity index (χ1) is 26.1. The van der Waals surface area contributed by atoms with Gasteiger partial charge in [0, 0.05) is 36.5 Å². The van der Waals surface area contributed by atoms with E-state index < -0.39 is 56.4 Å². The summed E-state index contributed by atoms with van der Waals surface area (Å²) in [6.07, 6.45) is 3.19. The third-order valence-corrected chi connectivity index (χ3v) is 10.0. The van der Waals surface area contributed by atoms with Crippen molar-refractivity contribution in [3.63, 3.8) is 0 Å². The first kappa shape index (κ1) is 43.7. The number of ether oxygens (including phenoxy) is 4. The number of thiophene rings is 1. The smallest absolute Gasteiger partial charge is 0.313 e. The summed E-state index contributed by atoms with van der Waals surface area (Å²) in [5.74, 6) is -12.3. The van der Waals surface area contributed by atoms with Gasteiger partial charge in [0.15, 0.2) is 16.5 Å².